The Kier molecular flexibility index (Phi) is 4.10. The predicted octanol–water partition coefficient (Wildman–Crippen LogP) is 1.45. The molecule has 0 spiro atoms. The molecular formula is C7H14O7P2S. The molecule has 2 aliphatic rings. The largest absolute Gasteiger partial charge is 0.497 e. The maximum atomic E-state index is 10.4. The zero-order valence-electron chi connectivity index (χ0n) is 8.84. The number of rotatable bonds is 5. The van der Waals surface area contributed by atoms with Crippen molar-refractivity contribution in [2.45, 2.75) is 31.8 Å². The van der Waals surface area contributed by atoms with Crippen molar-refractivity contribution >= 4 is 26.3 Å². The Balaban J connectivity index is 1.85. The van der Waals surface area contributed by atoms with Gasteiger partial charge in [0.1, 0.15) is 0 Å². The van der Waals surface area contributed by atoms with Gasteiger partial charge >= 0.3 is 14.5 Å². The van der Waals surface area contributed by atoms with Crippen LogP contribution in [0.15, 0.2) is 0 Å². The molecule has 0 aliphatic heterocycles. The van der Waals surface area contributed by atoms with Crippen LogP contribution in [0, 0.1) is 11.8 Å². The summed E-state index contributed by atoms with van der Waals surface area (Å²) in [5.41, 5.74) is 0. The van der Waals surface area contributed by atoms with Crippen LogP contribution in [0.3, 0.4) is 0 Å². The topological polar surface area (TPSA) is 105 Å². The lowest BCUT2D eigenvalue weighted by Crippen LogP contribution is -2.19. The molecule has 0 amide bonds. The van der Waals surface area contributed by atoms with Gasteiger partial charge in [0.05, 0.1) is 6.10 Å². The summed E-state index contributed by atoms with van der Waals surface area (Å²) < 4.78 is 23.5. The molecule has 2 aliphatic carbocycles. The van der Waals surface area contributed by atoms with Crippen LogP contribution in [0.1, 0.15) is 25.7 Å². The summed E-state index contributed by atoms with van der Waals surface area (Å²) in [5.74, 6) is 0.954. The van der Waals surface area contributed by atoms with Crippen LogP contribution in [0.2, 0.25) is 0 Å². The molecule has 10 heteroatoms. The third-order valence-corrected chi connectivity index (χ3v) is 4.79. The normalized spacial score (nSPS) is 36.1. The Morgan fingerprint density at radius 2 is 1.82 bits per heavy atom. The number of fused-ring (bicyclic) bond motifs is 2. The van der Waals surface area contributed by atoms with E-state index < -0.39 is 14.5 Å². The zero-order chi connectivity index (χ0) is 12.7. The molecule has 2 saturated carbocycles. The van der Waals surface area contributed by atoms with Gasteiger partial charge in [-0.1, -0.05) is 0 Å². The highest BCUT2D eigenvalue weighted by Gasteiger charge is 2.43. The summed E-state index contributed by atoms with van der Waals surface area (Å²) in [6.45, 7) is -3.75. The maximum absolute atomic E-state index is 10.4. The second-order valence-corrected chi connectivity index (χ2v) is 8.24. The van der Waals surface area contributed by atoms with Crippen molar-refractivity contribution in [2.75, 3.05) is 0 Å². The summed E-state index contributed by atoms with van der Waals surface area (Å²) >= 11 is 4.62. The van der Waals surface area contributed by atoms with Crippen molar-refractivity contribution in [1.29, 1.82) is 0 Å². The van der Waals surface area contributed by atoms with Gasteiger partial charge in [0.15, 0.2) is 0 Å². The lowest BCUT2D eigenvalue weighted by Gasteiger charge is -2.25. The van der Waals surface area contributed by atoms with Crippen LogP contribution in [-0.2, 0) is 30.2 Å². The molecule has 2 fully saturated rings. The Bertz CT molecular complexity index is 382. The molecule has 0 aromatic rings. The van der Waals surface area contributed by atoms with E-state index in [9.17, 15) is 9.46 Å². The molecule has 7 nitrogen and oxygen atoms in total. The van der Waals surface area contributed by atoms with Gasteiger partial charge in [0, 0.05) is 0 Å². The van der Waals surface area contributed by atoms with Gasteiger partial charge in [-0.25, -0.2) is 4.57 Å². The van der Waals surface area contributed by atoms with Gasteiger partial charge in [-0.2, -0.15) is 0 Å². The van der Waals surface area contributed by atoms with E-state index in [1.54, 1.807) is 0 Å². The average molecular weight is 304 g/mol. The lowest BCUT2D eigenvalue weighted by molar-refractivity contribution is -0.140. The minimum absolute atomic E-state index is 0.190. The van der Waals surface area contributed by atoms with E-state index in [4.69, 9.17) is 14.3 Å². The summed E-state index contributed by atoms with van der Waals surface area (Å²) in [4.78, 5) is 26.4. The van der Waals surface area contributed by atoms with Crippen molar-refractivity contribution in [1.82, 2.24) is 0 Å². The molecule has 0 aromatic carbocycles. The van der Waals surface area contributed by atoms with Crippen LogP contribution < -0.4 is 0 Å². The minimum atomic E-state index is -4.82. The van der Waals surface area contributed by atoms with Gasteiger partial charge in [0.2, 0.25) is 0 Å². The van der Waals surface area contributed by atoms with Gasteiger partial charge in [0.25, 0.3) is 0 Å². The Morgan fingerprint density at radius 1 is 1.12 bits per heavy atom. The first-order valence-electron chi connectivity index (χ1n) is 5.20. The first-order chi connectivity index (χ1) is 7.75. The smallest absolute Gasteiger partial charge is 0.323 e. The quantitative estimate of drug-likeness (QED) is 0.398. The molecule has 17 heavy (non-hydrogen) atoms. The van der Waals surface area contributed by atoms with Crippen molar-refractivity contribution < 1.29 is 33.1 Å². The van der Waals surface area contributed by atoms with Crippen LogP contribution in [0.25, 0.3) is 0 Å². The van der Waals surface area contributed by atoms with Crippen LogP contribution >= 0.6 is 14.5 Å². The Labute approximate surface area is 103 Å². The van der Waals surface area contributed by atoms with Crippen LogP contribution in [0.4, 0.5) is 0 Å². The van der Waals surface area contributed by atoms with Crippen molar-refractivity contribution in [3.05, 3.63) is 0 Å². The predicted molar refractivity (Wildman–Crippen MR) is 61.0 cm³/mol. The highest BCUT2D eigenvalue weighted by Crippen LogP contribution is 2.56. The molecular weight excluding hydrogens is 290 g/mol. The van der Waals surface area contributed by atoms with Crippen LogP contribution in [0.5, 0.6) is 0 Å². The molecule has 3 N–H and O–H groups in total. The molecule has 2 bridgehead atoms. The Hall–Kier alpha value is 0.640. The first kappa shape index (κ1) is 14.1. The highest BCUT2D eigenvalue weighted by molar-refractivity contribution is 8.07. The highest BCUT2D eigenvalue weighted by atomic mass is 32.5. The van der Waals surface area contributed by atoms with E-state index in [-0.39, 0.29) is 6.10 Å². The van der Waals surface area contributed by atoms with Gasteiger partial charge in [-0.05, 0) is 49.3 Å². The third kappa shape index (κ3) is 4.06. The zero-order valence-corrected chi connectivity index (χ0v) is 11.4. The minimum Gasteiger partial charge on any atom is -0.323 e. The molecule has 2 rings (SSSR count). The molecule has 4 atom stereocenters. The number of hydrogen-bond acceptors (Lipinski definition) is 5. The summed E-state index contributed by atoms with van der Waals surface area (Å²) in [6, 6.07) is 0. The molecule has 0 saturated heterocycles. The summed E-state index contributed by atoms with van der Waals surface area (Å²) in [7, 11) is -4.82. The lowest BCUT2D eigenvalue weighted by atomic mass is 9.98. The van der Waals surface area contributed by atoms with E-state index in [1.165, 1.54) is 6.42 Å². The van der Waals surface area contributed by atoms with Gasteiger partial charge in [-0.3, -0.25) is 0 Å². The monoisotopic (exact) mass is 304 g/mol. The molecule has 0 aromatic heterocycles. The molecule has 0 radical (unpaired) electrons. The van der Waals surface area contributed by atoms with E-state index >= 15 is 0 Å². The van der Waals surface area contributed by atoms with E-state index in [1.807, 2.05) is 0 Å². The second-order valence-electron chi connectivity index (χ2n) is 4.43. The first-order valence-corrected chi connectivity index (χ1v) is 9.32. The fraction of sp³-hybridized carbons (Fsp3) is 1.00. The Morgan fingerprint density at radius 3 is 2.29 bits per heavy atom. The summed E-state index contributed by atoms with van der Waals surface area (Å²) in [5, 5.41) is 0. The molecule has 100 valence electrons. The fourth-order valence-electron chi connectivity index (χ4n) is 2.59. The van der Waals surface area contributed by atoms with Gasteiger partial charge in [-0.15, -0.1) is 9.35 Å². The van der Waals surface area contributed by atoms with Crippen molar-refractivity contribution in [3.63, 3.8) is 0 Å². The number of phosphoric acid groups is 1. The second kappa shape index (κ2) is 4.96. The third-order valence-electron chi connectivity index (χ3n) is 3.17. The number of hydrogen-bond donors (Lipinski definition) is 3. The molecule has 4 unspecified atom stereocenters. The maximum Gasteiger partial charge on any atom is 0.497 e. The van der Waals surface area contributed by atoms with Gasteiger partial charge < -0.3 is 19.2 Å². The SMILES string of the molecule is O=P(O)(O)OOP(O)(=S)OC1CC2CCC1C2. The molecule has 0 heterocycles. The summed E-state index contributed by atoms with van der Waals surface area (Å²) in [6.07, 6.45) is 3.87. The van der Waals surface area contributed by atoms with Crippen molar-refractivity contribution in [2.24, 2.45) is 11.8 Å². The van der Waals surface area contributed by atoms with E-state index in [0.29, 0.717) is 11.8 Å². The standard InChI is InChI=1S/C7H14O7P2S/c8-15(9,10)13-14-16(11,17)12-7-4-5-1-2-6(7)3-5/h5-7H,1-4H2,(H,11,17)(H2,8,9,10). The van der Waals surface area contributed by atoms with Crippen LogP contribution in [-0.4, -0.2) is 20.8 Å². The van der Waals surface area contributed by atoms with Crippen molar-refractivity contribution in [3.8, 4) is 0 Å². The average Bonchev–Trinajstić information content (AvgIpc) is 2.74. The van der Waals surface area contributed by atoms with E-state index in [2.05, 4.69) is 21.2 Å². The van der Waals surface area contributed by atoms with E-state index in [0.717, 1.165) is 19.3 Å². The fourth-order valence-corrected chi connectivity index (χ4v) is 4.49.